The molecule has 3 aliphatic rings. The molecule has 1 N–H and O–H groups in total. The summed E-state index contributed by atoms with van der Waals surface area (Å²) in [6.45, 7) is 8.84. The van der Waals surface area contributed by atoms with Gasteiger partial charge >= 0.3 is 0 Å². The first-order valence-corrected chi connectivity index (χ1v) is 10.5. The lowest BCUT2D eigenvalue weighted by molar-refractivity contribution is -0.117. The van der Waals surface area contributed by atoms with E-state index in [-0.39, 0.29) is 11.3 Å². The third-order valence-corrected chi connectivity index (χ3v) is 7.33. The summed E-state index contributed by atoms with van der Waals surface area (Å²) >= 11 is 0. The molecule has 142 valence electrons. The first-order valence-electron chi connectivity index (χ1n) is 10.5. The molecule has 1 amide bonds. The number of amides is 1. The summed E-state index contributed by atoms with van der Waals surface area (Å²) in [7, 11) is 0. The zero-order valence-electron chi connectivity index (χ0n) is 16.8. The molecule has 0 bridgehead atoms. The van der Waals surface area contributed by atoms with Crippen LogP contribution in [0.2, 0.25) is 0 Å². The van der Waals surface area contributed by atoms with Crippen LogP contribution in [0, 0.1) is 24.7 Å². The van der Waals surface area contributed by atoms with Crippen LogP contribution in [0.15, 0.2) is 12.1 Å². The standard InChI is InChI=1S/C23H34N2O/c1-17-14-19(25-12-10-23(11-13-25)6-4-5-7-23)15-18(2)21(17)24-20(26)16-22(3)8-9-22/h14-15H,4-13,16H2,1-3H3,(H,24,26). The Morgan fingerprint density at radius 3 is 2.12 bits per heavy atom. The van der Waals surface area contributed by atoms with Gasteiger partial charge in [-0.1, -0.05) is 19.8 Å². The van der Waals surface area contributed by atoms with Gasteiger partial charge in [-0.2, -0.15) is 0 Å². The highest BCUT2D eigenvalue weighted by molar-refractivity contribution is 5.93. The highest BCUT2D eigenvalue weighted by Gasteiger charge is 2.39. The molecular weight excluding hydrogens is 320 g/mol. The lowest BCUT2D eigenvalue weighted by Crippen LogP contribution is -2.38. The molecule has 1 aliphatic heterocycles. The molecule has 26 heavy (non-hydrogen) atoms. The predicted octanol–water partition coefficient (Wildman–Crippen LogP) is 5.59. The Morgan fingerprint density at radius 2 is 1.58 bits per heavy atom. The average molecular weight is 355 g/mol. The van der Waals surface area contributed by atoms with Crippen LogP contribution in [-0.2, 0) is 4.79 Å². The van der Waals surface area contributed by atoms with Crippen molar-refractivity contribution in [2.24, 2.45) is 10.8 Å². The Morgan fingerprint density at radius 1 is 1.00 bits per heavy atom. The molecule has 1 aromatic carbocycles. The Balaban J connectivity index is 1.43. The maximum absolute atomic E-state index is 12.4. The number of nitrogens with zero attached hydrogens (tertiary/aromatic N) is 1. The van der Waals surface area contributed by atoms with E-state index in [9.17, 15) is 4.79 Å². The molecule has 3 fully saturated rings. The number of anilines is 2. The molecule has 1 saturated heterocycles. The molecule has 2 saturated carbocycles. The molecule has 3 heteroatoms. The van der Waals surface area contributed by atoms with Gasteiger partial charge in [-0.15, -0.1) is 0 Å². The molecule has 1 aromatic rings. The topological polar surface area (TPSA) is 32.3 Å². The van der Waals surface area contributed by atoms with Gasteiger partial charge in [0, 0.05) is 30.9 Å². The fourth-order valence-electron chi connectivity index (χ4n) is 5.15. The Bertz CT molecular complexity index is 665. The molecule has 3 nitrogen and oxygen atoms in total. The van der Waals surface area contributed by atoms with Crippen molar-refractivity contribution >= 4 is 17.3 Å². The van der Waals surface area contributed by atoms with Crippen molar-refractivity contribution in [1.82, 2.24) is 0 Å². The highest BCUT2D eigenvalue weighted by atomic mass is 16.1. The number of piperidine rings is 1. The van der Waals surface area contributed by atoms with Crippen LogP contribution in [-0.4, -0.2) is 19.0 Å². The number of rotatable bonds is 4. The quantitative estimate of drug-likeness (QED) is 0.764. The zero-order chi connectivity index (χ0) is 18.4. The van der Waals surface area contributed by atoms with E-state index in [1.165, 1.54) is 81.3 Å². The highest BCUT2D eigenvalue weighted by Crippen LogP contribution is 2.48. The van der Waals surface area contributed by atoms with E-state index in [4.69, 9.17) is 0 Å². The lowest BCUT2D eigenvalue weighted by Gasteiger charge is -2.40. The average Bonchev–Trinajstić information content (AvgIpc) is 3.14. The number of carbonyl (C=O) groups excluding carboxylic acids is 1. The minimum atomic E-state index is 0.171. The van der Waals surface area contributed by atoms with Crippen LogP contribution in [0.3, 0.4) is 0 Å². The molecule has 0 atom stereocenters. The second kappa shape index (κ2) is 6.58. The van der Waals surface area contributed by atoms with E-state index in [0.717, 1.165) is 5.69 Å². The molecule has 1 heterocycles. The number of benzene rings is 1. The molecular formula is C23H34N2O. The molecule has 0 aromatic heterocycles. The van der Waals surface area contributed by atoms with Crippen LogP contribution < -0.4 is 10.2 Å². The summed E-state index contributed by atoms with van der Waals surface area (Å²) in [5.41, 5.74) is 5.65. The number of carbonyl (C=O) groups is 1. The van der Waals surface area contributed by atoms with E-state index in [1.54, 1.807) is 0 Å². The number of hydrogen-bond donors (Lipinski definition) is 1. The first-order chi connectivity index (χ1) is 12.4. The third kappa shape index (κ3) is 3.63. The van der Waals surface area contributed by atoms with Gasteiger partial charge in [0.05, 0.1) is 0 Å². The van der Waals surface area contributed by atoms with Crippen LogP contribution in [0.25, 0.3) is 0 Å². The van der Waals surface area contributed by atoms with Gasteiger partial charge in [-0.05, 0) is 86.5 Å². The number of hydrogen-bond acceptors (Lipinski definition) is 2. The molecule has 4 rings (SSSR count). The smallest absolute Gasteiger partial charge is 0.224 e. The van der Waals surface area contributed by atoms with Crippen LogP contribution in [0.1, 0.15) is 75.8 Å². The number of nitrogens with one attached hydrogen (secondary N) is 1. The maximum atomic E-state index is 12.4. The van der Waals surface area contributed by atoms with E-state index >= 15 is 0 Å². The molecule has 2 aliphatic carbocycles. The van der Waals surface area contributed by atoms with Crippen molar-refractivity contribution in [3.05, 3.63) is 23.3 Å². The lowest BCUT2D eigenvalue weighted by atomic mass is 9.77. The van der Waals surface area contributed by atoms with E-state index in [2.05, 4.69) is 43.1 Å². The van der Waals surface area contributed by atoms with Gasteiger partial charge in [0.1, 0.15) is 0 Å². The van der Waals surface area contributed by atoms with Crippen molar-refractivity contribution in [2.75, 3.05) is 23.3 Å². The van der Waals surface area contributed by atoms with Crippen LogP contribution in [0.5, 0.6) is 0 Å². The normalized spacial score (nSPS) is 23.3. The SMILES string of the molecule is Cc1cc(N2CCC3(CCCC3)CC2)cc(C)c1NC(=O)CC1(C)CC1. The third-order valence-electron chi connectivity index (χ3n) is 7.33. The predicted molar refractivity (Wildman–Crippen MR) is 109 cm³/mol. The van der Waals surface area contributed by atoms with Crippen molar-refractivity contribution in [2.45, 2.75) is 78.6 Å². The molecule has 0 unspecified atom stereocenters. The monoisotopic (exact) mass is 354 g/mol. The zero-order valence-corrected chi connectivity index (χ0v) is 16.8. The summed E-state index contributed by atoms with van der Waals surface area (Å²) in [5.74, 6) is 0.171. The summed E-state index contributed by atoms with van der Waals surface area (Å²) in [4.78, 5) is 14.9. The van der Waals surface area contributed by atoms with Crippen molar-refractivity contribution in [1.29, 1.82) is 0 Å². The Labute approximate surface area is 158 Å². The van der Waals surface area contributed by atoms with Gasteiger partial charge < -0.3 is 10.2 Å². The van der Waals surface area contributed by atoms with E-state index in [0.29, 0.717) is 11.8 Å². The summed E-state index contributed by atoms with van der Waals surface area (Å²) < 4.78 is 0. The number of aryl methyl sites for hydroxylation is 2. The van der Waals surface area contributed by atoms with Gasteiger partial charge in [-0.3, -0.25) is 4.79 Å². The van der Waals surface area contributed by atoms with Gasteiger partial charge in [0.25, 0.3) is 0 Å². The molecule has 1 spiro atoms. The van der Waals surface area contributed by atoms with Gasteiger partial charge in [-0.25, -0.2) is 0 Å². The van der Waals surface area contributed by atoms with Crippen molar-refractivity contribution in [3.63, 3.8) is 0 Å². The minimum absolute atomic E-state index is 0.171. The van der Waals surface area contributed by atoms with Crippen molar-refractivity contribution in [3.8, 4) is 0 Å². The largest absolute Gasteiger partial charge is 0.371 e. The Kier molecular flexibility index (Phi) is 4.53. The van der Waals surface area contributed by atoms with Gasteiger partial charge in [0.2, 0.25) is 5.91 Å². The van der Waals surface area contributed by atoms with Crippen molar-refractivity contribution < 1.29 is 4.79 Å². The first kappa shape index (κ1) is 17.9. The summed E-state index contributed by atoms with van der Waals surface area (Å²) in [6, 6.07) is 4.54. The second-order valence-corrected chi connectivity index (χ2v) is 9.68. The fraction of sp³-hybridized carbons (Fsp3) is 0.696. The molecule has 0 radical (unpaired) electrons. The summed E-state index contributed by atoms with van der Waals surface area (Å²) in [6.07, 6.45) is 11.5. The van der Waals surface area contributed by atoms with Gasteiger partial charge in [0.15, 0.2) is 0 Å². The van der Waals surface area contributed by atoms with E-state index in [1.807, 2.05) is 0 Å². The minimum Gasteiger partial charge on any atom is -0.371 e. The Hall–Kier alpha value is -1.51. The van der Waals surface area contributed by atoms with E-state index < -0.39 is 0 Å². The summed E-state index contributed by atoms with van der Waals surface area (Å²) in [5, 5.41) is 3.19. The maximum Gasteiger partial charge on any atom is 0.224 e. The van der Waals surface area contributed by atoms with Crippen LogP contribution >= 0.6 is 0 Å². The van der Waals surface area contributed by atoms with Crippen LogP contribution in [0.4, 0.5) is 11.4 Å². The fourth-order valence-corrected chi connectivity index (χ4v) is 5.15. The second-order valence-electron chi connectivity index (χ2n) is 9.68.